The maximum absolute atomic E-state index is 13.6. The first-order valence-corrected chi connectivity index (χ1v) is 7.47. The Kier molecular flexibility index (Phi) is 5.95. The van der Waals surface area contributed by atoms with Gasteiger partial charge in [0, 0.05) is 25.3 Å². The van der Waals surface area contributed by atoms with E-state index in [2.05, 4.69) is 11.8 Å². The van der Waals surface area contributed by atoms with Crippen molar-refractivity contribution in [3.8, 4) is 0 Å². The van der Waals surface area contributed by atoms with Gasteiger partial charge >= 0.3 is 0 Å². The summed E-state index contributed by atoms with van der Waals surface area (Å²) in [7, 11) is 0. The van der Waals surface area contributed by atoms with Crippen LogP contribution >= 0.6 is 0 Å². The van der Waals surface area contributed by atoms with Gasteiger partial charge in [0.15, 0.2) is 0 Å². The number of likely N-dealkylation sites (N-methyl/N-ethyl adjacent to an activating group) is 1. The summed E-state index contributed by atoms with van der Waals surface area (Å²) in [6.07, 6.45) is 2.38. The summed E-state index contributed by atoms with van der Waals surface area (Å²) < 4.78 is 19.2. The van der Waals surface area contributed by atoms with Crippen molar-refractivity contribution in [2.45, 2.75) is 38.4 Å². The fourth-order valence-corrected chi connectivity index (χ4v) is 2.66. The molecule has 20 heavy (non-hydrogen) atoms. The SMILES string of the molecule is CCN(CCC(O)c1ccccc1F)CC1CCCO1. The number of halogens is 1. The molecule has 1 aromatic rings. The highest BCUT2D eigenvalue weighted by Crippen LogP contribution is 2.20. The van der Waals surface area contributed by atoms with Gasteiger partial charge in [-0.1, -0.05) is 25.1 Å². The third-order valence-corrected chi connectivity index (χ3v) is 3.92. The van der Waals surface area contributed by atoms with Crippen LogP contribution in [0, 0.1) is 5.82 Å². The number of nitrogens with zero attached hydrogens (tertiary/aromatic N) is 1. The zero-order valence-corrected chi connectivity index (χ0v) is 12.1. The normalized spacial score (nSPS) is 20.5. The van der Waals surface area contributed by atoms with Crippen molar-refractivity contribution in [3.05, 3.63) is 35.6 Å². The van der Waals surface area contributed by atoms with E-state index in [4.69, 9.17) is 4.74 Å². The summed E-state index contributed by atoms with van der Waals surface area (Å²) in [5.74, 6) is -0.331. The van der Waals surface area contributed by atoms with Gasteiger partial charge < -0.3 is 14.7 Å². The Morgan fingerprint density at radius 3 is 2.90 bits per heavy atom. The van der Waals surface area contributed by atoms with E-state index in [1.165, 1.54) is 6.07 Å². The van der Waals surface area contributed by atoms with Crippen LogP contribution in [0.1, 0.15) is 37.9 Å². The summed E-state index contributed by atoms with van der Waals surface area (Å²) in [6.45, 7) is 5.54. The Morgan fingerprint density at radius 2 is 2.25 bits per heavy atom. The molecule has 0 radical (unpaired) electrons. The Morgan fingerprint density at radius 1 is 1.45 bits per heavy atom. The molecule has 2 rings (SSSR count). The lowest BCUT2D eigenvalue weighted by molar-refractivity contribution is 0.0665. The maximum atomic E-state index is 13.6. The highest BCUT2D eigenvalue weighted by atomic mass is 19.1. The highest BCUT2D eigenvalue weighted by molar-refractivity contribution is 5.19. The molecule has 0 aliphatic carbocycles. The molecule has 0 amide bonds. The molecule has 0 spiro atoms. The van der Waals surface area contributed by atoms with Crippen molar-refractivity contribution < 1.29 is 14.2 Å². The van der Waals surface area contributed by atoms with Gasteiger partial charge in [-0.2, -0.15) is 0 Å². The summed E-state index contributed by atoms with van der Waals surface area (Å²) in [5.41, 5.74) is 0.390. The predicted octanol–water partition coefficient (Wildman–Crippen LogP) is 2.75. The average molecular weight is 281 g/mol. The van der Waals surface area contributed by atoms with Crippen LogP contribution in [-0.2, 0) is 4.74 Å². The van der Waals surface area contributed by atoms with Crippen molar-refractivity contribution in [1.29, 1.82) is 0 Å². The molecule has 0 saturated carbocycles. The third-order valence-electron chi connectivity index (χ3n) is 3.92. The van der Waals surface area contributed by atoms with Crippen molar-refractivity contribution >= 4 is 0 Å². The zero-order valence-electron chi connectivity index (χ0n) is 12.1. The van der Waals surface area contributed by atoms with Gasteiger partial charge in [-0.05, 0) is 31.9 Å². The standard InChI is InChI=1S/C16H24FNO2/c1-2-18(12-13-6-5-11-20-13)10-9-16(19)14-7-3-4-8-15(14)17/h3-4,7-8,13,16,19H,2,5-6,9-12H2,1H3. The van der Waals surface area contributed by atoms with Gasteiger partial charge in [-0.25, -0.2) is 4.39 Å². The van der Waals surface area contributed by atoms with E-state index >= 15 is 0 Å². The lowest BCUT2D eigenvalue weighted by Gasteiger charge is -2.24. The number of aliphatic hydroxyl groups is 1. The Hall–Kier alpha value is -0.970. The summed E-state index contributed by atoms with van der Waals surface area (Å²) >= 11 is 0. The molecule has 112 valence electrons. The van der Waals surface area contributed by atoms with E-state index in [-0.39, 0.29) is 5.82 Å². The molecule has 1 aliphatic heterocycles. The van der Waals surface area contributed by atoms with Crippen LogP contribution in [0.15, 0.2) is 24.3 Å². The van der Waals surface area contributed by atoms with Crippen LogP contribution in [-0.4, -0.2) is 42.4 Å². The largest absolute Gasteiger partial charge is 0.388 e. The average Bonchev–Trinajstić information content (AvgIpc) is 2.96. The van der Waals surface area contributed by atoms with Crippen molar-refractivity contribution in [2.75, 3.05) is 26.2 Å². The second-order valence-corrected chi connectivity index (χ2v) is 5.35. The highest BCUT2D eigenvalue weighted by Gasteiger charge is 2.19. The summed E-state index contributed by atoms with van der Waals surface area (Å²) in [4.78, 5) is 2.26. The van der Waals surface area contributed by atoms with E-state index in [9.17, 15) is 9.50 Å². The molecule has 2 atom stereocenters. The van der Waals surface area contributed by atoms with E-state index in [1.54, 1.807) is 18.2 Å². The number of rotatable bonds is 7. The van der Waals surface area contributed by atoms with Crippen molar-refractivity contribution in [3.63, 3.8) is 0 Å². The zero-order chi connectivity index (χ0) is 14.4. The topological polar surface area (TPSA) is 32.7 Å². The fourth-order valence-electron chi connectivity index (χ4n) is 2.66. The van der Waals surface area contributed by atoms with E-state index in [0.717, 1.165) is 39.1 Å². The second-order valence-electron chi connectivity index (χ2n) is 5.35. The number of benzene rings is 1. The predicted molar refractivity (Wildman–Crippen MR) is 77.1 cm³/mol. The summed E-state index contributed by atoms with van der Waals surface area (Å²) in [6, 6.07) is 6.44. The van der Waals surface area contributed by atoms with Gasteiger partial charge in [0.05, 0.1) is 12.2 Å². The molecule has 1 N–H and O–H groups in total. The number of hydrogen-bond donors (Lipinski definition) is 1. The maximum Gasteiger partial charge on any atom is 0.128 e. The van der Waals surface area contributed by atoms with Crippen LogP contribution in [0.5, 0.6) is 0 Å². The first kappa shape index (κ1) is 15.4. The molecule has 1 saturated heterocycles. The lowest BCUT2D eigenvalue weighted by Crippen LogP contribution is -2.33. The molecule has 1 heterocycles. The van der Waals surface area contributed by atoms with Crippen molar-refractivity contribution in [1.82, 2.24) is 4.90 Å². The first-order valence-electron chi connectivity index (χ1n) is 7.47. The number of hydrogen-bond acceptors (Lipinski definition) is 3. The van der Waals surface area contributed by atoms with E-state index in [1.807, 2.05) is 0 Å². The van der Waals surface area contributed by atoms with Gasteiger partial charge in [0.25, 0.3) is 0 Å². The molecule has 1 aliphatic rings. The smallest absolute Gasteiger partial charge is 0.128 e. The van der Waals surface area contributed by atoms with Gasteiger partial charge in [0.1, 0.15) is 5.82 Å². The molecule has 3 nitrogen and oxygen atoms in total. The Balaban J connectivity index is 1.81. The van der Waals surface area contributed by atoms with Crippen LogP contribution in [0.2, 0.25) is 0 Å². The molecule has 4 heteroatoms. The fraction of sp³-hybridized carbons (Fsp3) is 0.625. The van der Waals surface area contributed by atoms with Crippen LogP contribution in [0.4, 0.5) is 4.39 Å². The number of ether oxygens (including phenoxy) is 1. The minimum absolute atomic E-state index is 0.320. The molecular formula is C16H24FNO2. The molecular weight excluding hydrogens is 257 g/mol. The van der Waals surface area contributed by atoms with Gasteiger partial charge in [-0.3, -0.25) is 0 Å². The third kappa shape index (κ3) is 4.27. The second kappa shape index (κ2) is 7.72. The molecule has 0 aromatic heterocycles. The summed E-state index contributed by atoms with van der Waals surface area (Å²) in [5, 5.41) is 10.1. The number of aliphatic hydroxyl groups excluding tert-OH is 1. The van der Waals surface area contributed by atoms with E-state index in [0.29, 0.717) is 18.1 Å². The van der Waals surface area contributed by atoms with Crippen LogP contribution in [0.3, 0.4) is 0 Å². The molecule has 1 fully saturated rings. The molecule has 1 aromatic carbocycles. The minimum atomic E-state index is -0.741. The Labute approximate surface area is 120 Å². The first-order chi connectivity index (χ1) is 9.70. The quantitative estimate of drug-likeness (QED) is 0.834. The monoisotopic (exact) mass is 281 g/mol. The lowest BCUT2D eigenvalue weighted by atomic mass is 10.1. The van der Waals surface area contributed by atoms with Gasteiger partial charge in [-0.15, -0.1) is 0 Å². The van der Waals surface area contributed by atoms with E-state index < -0.39 is 6.10 Å². The van der Waals surface area contributed by atoms with Crippen molar-refractivity contribution in [2.24, 2.45) is 0 Å². The Bertz CT molecular complexity index is 407. The van der Waals surface area contributed by atoms with Crippen LogP contribution < -0.4 is 0 Å². The molecule has 0 bridgehead atoms. The molecule has 2 unspecified atom stereocenters. The van der Waals surface area contributed by atoms with Crippen LogP contribution in [0.25, 0.3) is 0 Å². The minimum Gasteiger partial charge on any atom is -0.388 e. The van der Waals surface area contributed by atoms with Gasteiger partial charge in [0.2, 0.25) is 0 Å².